The van der Waals surface area contributed by atoms with Gasteiger partial charge in [-0.2, -0.15) is 0 Å². The lowest BCUT2D eigenvalue weighted by Crippen LogP contribution is -1.90. The number of carbonyl (C=O) groups is 1. The van der Waals surface area contributed by atoms with Crippen molar-refractivity contribution in [2.45, 2.75) is 13.8 Å². The summed E-state index contributed by atoms with van der Waals surface area (Å²) in [7, 11) is 0. The monoisotopic (exact) mass is 260 g/mol. The molecule has 0 atom stereocenters. The van der Waals surface area contributed by atoms with Gasteiger partial charge in [0.1, 0.15) is 10.6 Å². The highest BCUT2D eigenvalue weighted by molar-refractivity contribution is 9.11. The number of carbonyl (C=O) groups excluding carboxylic acids is 1. The van der Waals surface area contributed by atoms with E-state index in [2.05, 4.69) is 15.9 Å². The van der Waals surface area contributed by atoms with E-state index in [9.17, 15) is 4.79 Å². The van der Waals surface area contributed by atoms with Crippen molar-refractivity contribution in [3.8, 4) is 5.75 Å². The van der Waals surface area contributed by atoms with Crippen LogP contribution >= 0.6 is 27.3 Å². The molecule has 1 heterocycles. The molecule has 0 saturated heterocycles. The average Bonchev–Trinajstić information content (AvgIpc) is 2.43. The lowest BCUT2D eigenvalue weighted by Gasteiger charge is -1.97. The Hall–Kier alpha value is -0.610. The van der Waals surface area contributed by atoms with Gasteiger partial charge < -0.3 is 4.74 Å². The smallest absolute Gasteiger partial charge is 0.173 e. The molecule has 13 heavy (non-hydrogen) atoms. The molecule has 0 aliphatic carbocycles. The van der Waals surface area contributed by atoms with Crippen LogP contribution in [-0.2, 0) is 0 Å². The molecule has 0 radical (unpaired) electrons. The number of ketones is 1. The molecule has 1 rings (SSSR count). The summed E-state index contributed by atoms with van der Waals surface area (Å²) in [4.78, 5) is 11.8. The van der Waals surface area contributed by atoms with Crippen LogP contribution in [0.15, 0.2) is 22.2 Å². The van der Waals surface area contributed by atoms with Gasteiger partial charge in [0.25, 0.3) is 0 Å². The van der Waals surface area contributed by atoms with Gasteiger partial charge in [-0.25, -0.2) is 0 Å². The Kier molecular flexibility index (Phi) is 3.69. The second-order valence-electron chi connectivity index (χ2n) is 2.39. The molecule has 0 aliphatic rings. The van der Waals surface area contributed by atoms with Gasteiger partial charge in [0.15, 0.2) is 5.78 Å². The van der Waals surface area contributed by atoms with Crippen LogP contribution in [0.2, 0.25) is 0 Å². The minimum absolute atomic E-state index is 0.0233. The molecule has 0 amide bonds. The molecular weight excluding hydrogens is 252 g/mol. The highest BCUT2D eigenvalue weighted by atomic mass is 79.9. The molecule has 70 valence electrons. The molecule has 1 aromatic rings. The molecule has 0 spiro atoms. The Morgan fingerprint density at radius 3 is 2.92 bits per heavy atom. The van der Waals surface area contributed by atoms with Crippen LogP contribution in [0.1, 0.15) is 23.5 Å². The Morgan fingerprint density at radius 1 is 1.69 bits per heavy atom. The van der Waals surface area contributed by atoms with Crippen LogP contribution in [0.25, 0.3) is 0 Å². The molecule has 4 heteroatoms. The van der Waals surface area contributed by atoms with Crippen molar-refractivity contribution in [3.63, 3.8) is 0 Å². The summed E-state index contributed by atoms with van der Waals surface area (Å²) in [5.74, 6) is 0.637. The molecule has 1 aromatic heterocycles. The lowest BCUT2D eigenvalue weighted by molar-refractivity contribution is 0.101. The van der Waals surface area contributed by atoms with Crippen molar-refractivity contribution in [2.24, 2.45) is 0 Å². The molecule has 0 unspecified atom stereocenters. The number of hydrogen-bond acceptors (Lipinski definition) is 3. The molecular formula is C9H9BrO2S. The van der Waals surface area contributed by atoms with Crippen LogP contribution < -0.4 is 4.74 Å². The third-order valence-electron chi connectivity index (χ3n) is 1.32. The maximum absolute atomic E-state index is 11.1. The van der Waals surface area contributed by atoms with Gasteiger partial charge in [-0.3, -0.25) is 4.79 Å². The zero-order chi connectivity index (χ0) is 9.84. The molecule has 0 aromatic carbocycles. The highest BCUT2D eigenvalue weighted by Crippen LogP contribution is 2.33. The Labute approximate surface area is 89.3 Å². The normalized spacial score (nSPS) is 10.7. The predicted molar refractivity (Wildman–Crippen MR) is 57.5 cm³/mol. The largest absolute Gasteiger partial charge is 0.464 e. The lowest BCUT2D eigenvalue weighted by atomic mass is 10.3. The summed E-state index contributed by atoms with van der Waals surface area (Å²) >= 11 is 4.69. The first-order chi connectivity index (χ1) is 6.15. The van der Waals surface area contributed by atoms with E-state index in [1.807, 2.05) is 6.92 Å². The number of thiophene rings is 1. The fourth-order valence-corrected chi connectivity index (χ4v) is 2.23. The minimum Gasteiger partial charge on any atom is -0.464 e. The van der Waals surface area contributed by atoms with E-state index in [1.54, 1.807) is 18.4 Å². The van der Waals surface area contributed by atoms with Crippen LogP contribution in [-0.4, -0.2) is 5.78 Å². The second kappa shape index (κ2) is 4.58. The highest BCUT2D eigenvalue weighted by Gasteiger charge is 2.12. The van der Waals surface area contributed by atoms with Gasteiger partial charge in [0, 0.05) is 13.0 Å². The molecule has 0 N–H and O–H groups in total. The molecule has 0 aliphatic heterocycles. The zero-order valence-corrected chi connectivity index (χ0v) is 9.74. The van der Waals surface area contributed by atoms with Crippen molar-refractivity contribution in [1.82, 2.24) is 0 Å². The summed E-state index contributed by atoms with van der Waals surface area (Å²) in [6, 6.07) is 1.79. The van der Waals surface area contributed by atoms with Crippen LogP contribution in [0.3, 0.4) is 0 Å². The number of Topliss-reactive ketones (excluding diaryl/α,β-unsaturated/α-hetero) is 1. The van der Waals surface area contributed by atoms with Gasteiger partial charge >= 0.3 is 0 Å². The van der Waals surface area contributed by atoms with Crippen molar-refractivity contribution < 1.29 is 9.53 Å². The summed E-state index contributed by atoms with van der Waals surface area (Å²) in [5.41, 5.74) is 0. The van der Waals surface area contributed by atoms with E-state index in [1.165, 1.54) is 18.3 Å². The van der Waals surface area contributed by atoms with Crippen molar-refractivity contribution >= 4 is 33.0 Å². The van der Waals surface area contributed by atoms with Gasteiger partial charge in [-0.15, -0.1) is 11.3 Å². The van der Waals surface area contributed by atoms with E-state index in [0.29, 0.717) is 10.6 Å². The SMILES string of the molecule is CC=COc1cc(Br)sc1C(C)=O. The zero-order valence-electron chi connectivity index (χ0n) is 7.33. The van der Waals surface area contributed by atoms with Gasteiger partial charge in [-0.05, 0) is 22.9 Å². The van der Waals surface area contributed by atoms with Crippen molar-refractivity contribution in [3.05, 3.63) is 27.1 Å². The third kappa shape index (κ3) is 2.67. The van der Waals surface area contributed by atoms with Crippen LogP contribution in [0.4, 0.5) is 0 Å². The van der Waals surface area contributed by atoms with E-state index in [4.69, 9.17) is 4.74 Å². The standard InChI is InChI=1S/C9H9BrO2S/c1-3-4-12-7-5-8(10)13-9(7)6(2)11/h3-5H,1-2H3. The second-order valence-corrected chi connectivity index (χ2v) is 4.82. The number of rotatable bonds is 3. The maximum atomic E-state index is 11.1. The van der Waals surface area contributed by atoms with Gasteiger partial charge in [0.05, 0.1) is 10.0 Å². The van der Waals surface area contributed by atoms with Crippen LogP contribution in [0.5, 0.6) is 5.75 Å². The summed E-state index contributed by atoms with van der Waals surface area (Å²) < 4.78 is 6.15. The number of hydrogen-bond donors (Lipinski definition) is 0. The third-order valence-corrected chi connectivity index (χ3v) is 3.04. The Morgan fingerprint density at radius 2 is 2.38 bits per heavy atom. The fourth-order valence-electron chi connectivity index (χ4n) is 0.820. The summed E-state index contributed by atoms with van der Waals surface area (Å²) in [6.45, 7) is 3.38. The average molecular weight is 261 g/mol. The topological polar surface area (TPSA) is 26.3 Å². The van der Waals surface area contributed by atoms with E-state index in [0.717, 1.165) is 3.79 Å². The maximum Gasteiger partial charge on any atom is 0.173 e. The van der Waals surface area contributed by atoms with Gasteiger partial charge in [0.2, 0.25) is 0 Å². The Bertz CT molecular complexity index is 341. The summed E-state index contributed by atoms with van der Waals surface area (Å²) in [5, 5.41) is 0. The molecule has 0 fully saturated rings. The molecule has 2 nitrogen and oxygen atoms in total. The van der Waals surface area contributed by atoms with Crippen molar-refractivity contribution in [2.75, 3.05) is 0 Å². The fraction of sp³-hybridized carbons (Fsp3) is 0.222. The number of halogens is 1. The van der Waals surface area contributed by atoms with Crippen LogP contribution in [0, 0.1) is 0 Å². The first kappa shape index (κ1) is 10.5. The molecule has 0 bridgehead atoms. The predicted octanol–water partition coefficient (Wildman–Crippen LogP) is 3.63. The number of ether oxygens (including phenoxy) is 1. The first-order valence-electron chi connectivity index (χ1n) is 3.73. The number of allylic oxidation sites excluding steroid dienone is 1. The molecule has 0 saturated carbocycles. The first-order valence-corrected chi connectivity index (χ1v) is 5.34. The van der Waals surface area contributed by atoms with E-state index in [-0.39, 0.29) is 5.78 Å². The summed E-state index contributed by atoms with van der Waals surface area (Å²) in [6.07, 6.45) is 3.33. The van der Waals surface area contributed by atoms with Crippen molar-refractivity contribution in [1.29, 1.82) is 0 Å². The Balaban J connectivity index is 2.97. The minimum atomic E-state index is 0.0233. The van der Waals surface area contributed by atoms with E-state index < -0.39 is 0 Å². The van der Waals surface area contributed by atoms with E-state index >= 15 is 0 Å². The van der Waals surface area contributed by atoms with Gasteiger partial charge in [-0.1, -0.05) is 6.08 Å². The quantitative estimate of drug-likeness (QED) is 0.613.